The number of aliphatic carboxylic acids is 1. The standard InChI is InChI=1S/C24H23N3O3.Cu/c1-16(2)21(24(29)30)27-22(17-10-4-3-5-11-17)18-12-6-7-13-19(18)26-23(28)20-14-8-9-15-25-20;/h3-16,21H,1-2H3,(H,26,28)(H,29,30);/q;+2/p-2/t21-;/m0./s1. The third-order valence-electron chi connectivity index (χ3n) is 4.45. The maximum absolute atomic E-state index is 12.6. The van der Waals surface area contributed by atoms with Crippen LogP contribution in [0.4, 0.5) is 5.69 Å². The van der Waals surface area contributed by atoms with E-state index in [4.69, 9.17) is 0 Å². The zero-order valence-electron chi connectivity index (χ0n) is 17.0. The first-order chi connectivity index (χ1) is 14.5. The van der Waals surface area contributed by atoms with Crippen LogP contribution in [0.25, 0.3) is 0 Å². The van der Waals surface area contributed by atoms with Crippen LogP contribution in [0.3, 0.4) is 0 Å². The topological polar surface area (TPSA) is 101 Å². The summed E-state index contributed by atoms with van der Waals surface area (Å²) in [6, 6.07) is 20.2. The molecular weight excluding hydrogens is 442 g/mol. The molecule has 0 N–H and O–H groups in total. The summed E-state index contributed by atoms with van der Waals surface area (Å²) >= 11 is 0. The fraction of sp³-hybridized carbons (Fsp3) is 0.167. The number of hydrogen-bond acceptors (Lipinski definition) is 6. The molecule has 0 aliphatic heterocycles. The molecule has 6 nitrogen and oxygen atoms in total. The Balaban J connectivity index is 0.00000341. The van der Waals surface area contributed by atoms with Crippen LogP contribution in [0.1, 0.15) is 30.7 Å². The van der Waals surface area contributed by atoms with Gasteiger partial charge in [-0.05, 0) is 24.1 Å². The molecule has 0 bridgehead atoms. The summed E-state index contributed by atoms with van der Waals surface area (Å²) in [5, 5.41) is 24.3. The first-order valence-electron chi connectivity index (χ1n) is 9.58. The van der Waals surface area contributed by atoms with Gasteiger partial charge in [-0.3, -0.25) is 15.0 Å². The molecule has 0 amide bonds. The average molecular weight is 463 g/mol. The molecule has 1 atom stereocenters. The second-order valence-electron chi connectivity index (χ2n) is 7.00. The molecule has 7 heteroatoms. The molecule has 0 fully saturated rings. The molecule has 31 heavy (non-hydrogen) atoms. The van der Waals surface area contributed by atoms with Gasteiger partial charge in [0.25, 0.3) is 0 Å². The fourth-order valence-corrected chi connectivity index (χ4v) is 2.94. The molecule has 161 valence electrons. The van der Waals surface area contributed by atoms with Crippen LogP contribution in [0.5, 0.6) is 0 Å². The zero-order chi connectivity index (χ0) is 21.5. The van der Waals surface area contributed by atoms with Crippen LogP contribution in [-0.4, -0.2) is 28.6 Å². The number of carbonyl (C=O) groups excluding carboxylic acids is 1. The molecule has 1 heterocycles. The minimum absolute atomic E-state index is 0. The third kappa shape index (κ3) is 6.10. The first-order valence-corrected chi connectivity index (χ1v) is 9.58. The van der Waals surface area contributed by atoms with Crippen molar-refractivity contribution in [1.82, 2.24) is 4.98 Å². The smallest absolute Gasteiger partial charge is 0.857 e. The van der Waals surface area contributed by atoms with E-state index in [1.807, 2.05) is 30.3 Å². The van der Waals surface area contributed by atoms with E-state index in [2.05, 4.69) is 15.0 Å². The summed E-state index contributed by atoms with van der Waals surface area (Å²) in [4.78, 5) is 24.5. The van der Waals surface area contributed by atoms with Crippen LogP contribution in [0, 0.1) is 5.92 Å². The number of carboxylic acids is 1. The number of carbonyl (C=O) groups is 1. The van der Waals surface area contributed by atoms with Crippen molar-refractivity contribution in [3.05, 3.63) is 95.8 Å². The molecule has 0 unspecified atom stereocenters. The van der Waals surface area contributed by atoms with Crippen LogP contribution < -0.4 is 10.2 Å². The number of pyridine rings is 1. The van der Waals surface area contributed by atoms with Gasteiger partial charge in [-0.25, -0.2) is 0 Å². The van der Waals surface area contributed by atoms with E-state index >= 15 is 0 Å². The molecule has 0 spiro atoms. The van der Waals surface area contributed by atoms with Gasteiger partial charge in [-0.1, -0.05) is 68.4 Å². The van der Waals surface area contributed by atoms with Gasteiger partial charge in [0.05, 0.1) is 29.1 Å². The molecule has 3 rings (SSSR count). The van der Waals surface area contributed by atoms with Crippen molar-refractivity contribution in [1.29, 1.82) is 0 Å². The molecule has 0 aliphatic rings. The van der Waals surface area contributed by atoms with E-state index in [1.54, 1.807) is 56.3 Å². The van der Waals surface area contributed by atoms with E-state index in [0.29, 0.717) is 17.0 Å². The second kappa shape index (κ2) is 11.2. The number of carboxylic acid groups (broad SMARTS) is 1. The Bertz CT molecular complexity index is 1070. The summed E-state index contributed by atoms with van der Waals surface area (Å²) in [5.41, 5.74) is 2.32. The van der Waals surface area contributed by atoms with Crippen molar-refractivity contribution < 1.29 is 32.1 Å². The van der Waals surface area contributed by atoms with E-state index in [1.165, 1.54) is 6.20 Å². The van der Waals surface area contributed by atoms with Crippen molar-refractivity contribution in [2.24, 2.45) is 15.9 Å². The number of para-hydroxylation sites is 1. The number of nitrogens with zero attached hydrogens (tertiary/aromatic N) is 3. The minimum Gasteiger partial charge on any atom is -0.857 e. The predicted molar refractivity (Wildman–Crippen MR) is 113 cm³/mol. The van der Waals surface area contributed by atoms with Crippen molar-refractivity contribution >= 4 is 23.3 Å². The van der Waals surface area contributed by atoms with Crippen LogP contribution in [0.15, 0.2) is 89.0 Å². The Kier molecular flexibility index (Phi) is 8.67. The van der Waals surface area contributed by atoms with Crippen LogP contribution in [0.2, 0.25) is 0 Å². The number of aromatic nitrogens is 1. The van der Waals surface area contributed by atoms with E-state index in [0.717, 1.165) is 5.56 Å². The van der Waals surface area contributed by atoms with E-state index in [9.17, 15) is 15.0 Å². The Hall–Kier alpha value is -3.28. The fourth-order valence-electron chi connectivity index (χ4n) is 2.94. The normalized spacial score (nSPS) is 12.9. The van der Waals surface area contributed by atoms with Gasteiger partial charge in [0.15, 0.2) is 0 Å². The number of benzene rings is 2. The third-order valence-corrected chi connectivity index (χ3v) is 4.45. The number of hydrogen-bond donors (Lipinski definition) is 0. The molecule has 2 aromatic carbocycles. The van der Waals surface area contributed by atoms with Gasteiger partial charge in [0, 0.05) is 23.2 Å². The Morgan fingerprint density at radius 2 is 1.55 bits per heavy atom. The zero-order valence-corrected chi connectivity index (χ0v) is 18.0. The van der Waals surface area contributed by atoms with E-state index < -0.39 is 17.9 Å². The van der Waals surface area contributed by atoms with Gasteiger partial charge in [-0.2, -0.15) is 0 Å². The predicted octanol–water partition coefficient (Wildman–Crippen LogP) is 2.13. The maximum Gasteiger partial charge on any atom is 2.00 e. The molecule has 0 aliphatic carbocycles. The van der Waals surface area contributed by atoms with Gasteiger partial charge in [-0.15, -0.1) is 0 Å². The SMILES string of the molecule is CC(C)[C@H](N=C(c1ccccc1)c1ccccc1N=C([O-])c1ccccn1)C(=O)[O-].[Cu+2]. The number of rotatable bonds is 7. The number of aliphatic imine (C=N–C) groups is 2. The molecule has 1 aromatic heterocycles. The molecule has 0 saturated heterocycles. The van der Waals surface area contributed by atoms with Gasteiger partial charge < -0.3 is 15.0 Å². The summed E-state index contributed by atoms with van der Waals surface area (Å²) in [6.45, 7) is 3.54. The van der Waals surface area contributed by atoms with E-state index in [-0.39, 0.29) is 28.7 Å². The Labute approximate surface area is 191 Å². The van der Waals surface area contributed by atoms with Gasteiger partial charge in [0.2, 0.25) is 0 Å². The summed E-state index contributed by atoms with van der Waals surface area (Å²) < 4.78 is 0. The van der Waals surface area contributed by atoms with Crippen molar-refractivity contribution in [2.45, 2.75) is 19.9 Å². The Morgan fingerprint density at radius 3 is 2.16 bits per heavy atom. The molecule has 3 aromatic rings. The quantitative estimate of drug-likeness (QED) is 0.305. The second-order valence-corrected chi connectivity index (χ2v) is 7.00. The Morgan fingerprint density at radius 1 is 0.903 bits per heavy atom. The first kappa shape index (κ1) is 24.0. The maximum atomic E-state index is 12.6. The van der Waals surface area contributed by atoms with Crippen molar-refractivity contribution in [2.75, 3.05) is 0 Å². The van der Waals surface area contributed by atoms with Crippen LogP contribution in [-0.2, 0) is 21.9 Å². The molecule has 1 radical (unpaired) electrons. The average Bonchev–Trinajstić information content (AvgIpc) is 2.76. The van der Waals surface area contributed by atoms with Crippen LogP contribution >= 0.6 is 0 Å². The largest absolute Gasteiger partial charge is 2.00 e. The minimum atomic E-state index is -1.25. The molecular formula is C24H21CuN3O3. The summed E-state index contributed by atoms with van der Waals surface area (Å²) in [6.07, 6.45) is 1.53. The van der Waals surface area contributed by atoms with Crippen molar-refractivity contribution in [3.63, 3.8) is 0 Å². The monoisotopic (exact) mass is 462 g/mol. The van der Waals surface area contributed by atoms with Gasteiger partial charge in [0.1, 0.15) is 0 Å². The molecule has 0 saturated carbocycles. The summed E-state index contributed by atoms with van der Waals surface area (Å²) in [5.74, 6) is -2.01. The van der Waals surface area contributed by atoms with Gasteiger partial charge >= 0.3 is 17.1 Å². The summed E-state index contributed by atoms with van der Waals surface area (Å²) in [7, 11) is 0. The van der Waals surface area contributed by atoms with Crippen molar-refractivity contribution in [3.8, 4) is 0 Å².